The maximum atomic E-state index is 5.85. The Bertz CT molecular complexity index is 518. The fourth-order valence-corrected chi connectivity index (χ4v) is 1.63. The summed E-state index contributed by atoms with van der Waals surface area (Å²) in [7, 11) is 1.65. The second kappa shape index (κ2) is 4.91. The summed E-state index contributed by atoms with van der Waals surface area (Å²) >= 11 is 0. The fourth-order valence-electron chi connectivity index (χ4n) is 1.63. The van der Waals surface area contributed by atoms with E-state index in [1.54, 1.807) is 7.11 Å². The van der Waals surface area contributed by atoms with Gasteiger partial charge in [0.25, 0.3) is 0 Å². The number of hydrogen-bond acceptors (Lipinski definition) is 2. The molecule has 0 unspecified atom stereocenters. The lowest BCUT2D eigenvalue weighted by Gasteiger charge is -2.11. The standard InChI is InChI=1S/C15H16O2/c1-11-6-4-9-15(12(11)2)17-14-8-5-7-13(10-14)16-3/h4-10H,1-3H3. The predicted molar refractivity (Wildman–Crippen MR) is 69.0 cm³/mol. The van der Waals surface area contributed by atoms with Gasteiger partial charge < -0.3 is 9.47 Å². The van der Waals surface area contributed by atoms with Crippen LogP contribution in [-0.2, 0) is 0 Å². The lowest BCUT2D eigenvalue weighted by Crippen LogP contribution is -1.90. The minimum atomic E-state index is 0.790. The van der Waals surface area contributed by atoms with Crippen LogP contribution in [0.2, 0.25) is 0 Å². The van der Waals surface area contributed by atoms with E-state index in [2.05, 4.69) is 19.9 Å². The zero-order valence-corrected chi connectivity index (χ0v) is 10.4. The molecule has 0 amide bonds. The second-order valence-corrected chi connectivity index (χ2v) is 3.98. The van der Waals surface area contributed by atoms with Crippen LogP contribution >= 0.6 is 0 Å². The topological polar surface area (TPSA) is 18.5 Å². The van der Waals surface area contributed by atoms with Crippen molar-refractivity contribution in [2.24, 2.45) is 0 Å². The molecule has 0 aliphatic carbocycles. The summed E-state index contributed by atoms with van der Waals surface area (Å²) in [5, 5.41) is 0. The van der Waals surface area contributed by atoms with Gasteiger partial charge in [0.15, 0.2) is 0 Å². The smallest absolute Gasteiger partial charge is 0.131 e. The number of ether oxygens (including phenoxy) is 2. The van der Waals surface area contributed by atoms with Crippen LogP contribution in [0.3, 0.4) is 0 Å². The van der Waals surface area contributed by atoms with E-state index >= 15 is 0 Å². The summed E-state index contributed by atoms with van der Waals surface area (Å²) in [6, 6.07) is 13.7. The molecule has 88 valence electrons. The van der Waals surface area contributed by atoms with E-state index in [4.69, 9.17) is 9.47 Å². The van der Waals surface area contributed by atoms with Gasteiger partial charge in [-0.25, -0.2) is 0 Å². The molecule has 2 aromatic carbocycles. The highest BCUT2D eigenvalue weighted by atomic mass is 16.5. The Hall–Kier alpha value is -1.96. The van der Waals surface area contributed by atoms with Crippen molar-refractivity contribution in [2.75, 3.05) is 7.11 Å². The highest BCUT2D eigenvalue weighted by Crippen LogP contribution is 2.28. The third-order valence-corrected chi connectivity index (χ3v) is 2.82. The molecule has 0 aromatic heterocycles. The molecular formula is C15H16O2. The molecule has 0 N–H and O–H groups in total. The van der Waals surface area contributed by atoms with Gasteiger partial charge in [-0.1, -0.05) is 18.2 Å². The molecule has 0 atom stereocenters. The first-order chi connectivity index (χ1) is 8.20. The van der Waals surface area contributed by atoms with Gasteiger partial charge in [0.05, 0.1) is 7.11 Å². The van der Waals surface area contributed by atoms with Crippen molar-refractivity contribution in [3.05, 3.63) is 53.6 Å². The number of hydrogen-bond donors (Lipinski definition) is 0. The summed E-state index contributed by atoms with van der Waals surface area (Å²) < 4.78 is 11.0. The van der Waals surface area contributed by atoms with Crippen LogP contribution in [0.15, 0.2) is 42.5 Å². The summed E-state index contributed by atoms with van der Waals surface area (Å²) in [6.45, 7) is 4.14. The third-order valence-electron chi connectivity index (χ3n) is 2.82. The zero-order chi connectivity index (χ0) is 12.3. The van der Waals surface area contributed by atoms with Crippen molar-refractivity contribution in [3.8, 4) is 17.2 Å². The molecular weight excluding hydrogens is 212 g/mol. The first kappa shape index (κ1) is 11.5. The summed E-state index contributed by atoms with van der Waals surface area (Å²) in [6.07, 6.45) is 0. The van der Waals surface area contributed by atoms with Gasteiger partial charge in [0.2, 0.25) is 0 Å². The quantitative estimate of drug-likeness (QED) is 0.787. The molecule has 2 heteroatoms. The average molecular weight is 228 g/mol. The monoisotopic (exact) mass is 228 g/mol. The Morgan fingerprint density at radius 2 is 1.59 bits per heavy atom. The summed E-state index contributed by atoms with van der Waals surface area (Å²) in [5.41, 5.74) is 2.39. The van der Waals surface area contributed by atoms with E-state index in [9.17, 15) is 0 Å². The van der Waals surface area contributed by atoms with Crippen LogP contribution in [0.4, 0.5) is 0 Å². The Balaban J connectivity index is 2.28. The van der Waals surface area contributed by atoms with Crippen LogP contribution in [0.25, 0.3) is 0 Å². The lowest BCUT2D eigenvalue weighted by atomic mass is 10.1. The van der Waals surface area contributed by atoms with Crippen LogP contribution < -0.4 is 9.47 Å². The number of benzene rings is 2. The molecule has 2 nitrogen and oxygen atoms in total. The molecule has 0 aliphatic heterocycles. The fraction of sp³-hybridized carbons (Fsp3) is 0.200. The molecule has 0 aliphatic rings. The molecule has 0 saturated heterocycles. The van der Waals surface area contributed by atoms with Gasteiger partial charge >= 0.3 is 0 Å². The predicted octanol–water partition coefficient (Wildman–Crippen LogP) is 4.10. The highest BCUT2D eigenvalue weighted by molar-refractivity contribution is 5.42. The normalized spacial score (nSPS) is 10.1. The summed E-state index contributed by atoms with van der Waals surface area (Å²) in [4.78, 5) is 0. The lowest BCUT2D eigenvalue weighted by molar-refractivity contribution is 0.408. The molecule has 0 heterocycles. The Kier molecular flexibility index (Phi) is 3.33. The third kappa shape index (κ3) is 2.59. The molecule has 0 radical (unpaired) electrons. The van der Waals surface area contributed by atoms with Crippen LogP contribution in [0.5, 0.6) is 17.2 Å². The Labute approximate surface area is 102 Å². The molecule has 0 bridgehead atoms. The van der Waals surface area contributed by atoms with Crippen molar-refractivity contribution in [1.82, 2.24) is 0 Å². The van der Waals surface area contributed by atoms with E-state index in [1.165, 1.54) is 5.56 Å². The van der Waals surface area contributed by atoms with Gasteiger partial charge in [0, 0.05) is 6.07 Å². The van der Waals surface area contributed by atoms with Crippen molar-refractivity contribution >= 4 is 0 Å². The van der Waals surface area contributed by atoms with E-state index in [1.807, 2.05) is 36.4 Å². The SMILES string of the molecule is COc1cccc(Oc2cccc(C)c2C)c1. The zero-order valence-electron chi connectivity index (χ0n) is 10.4. The maximum absolute atomic E-state index is 5.85. The Morgan fingerprint density at radius 1 is 0.882 bits per heavy atom. The molecule has 2 aromatic rings. The van der Waals surface area contributed by atoms with Crippen LogP contribution in [0, 0.1) is 13.8 Å². The van der Waals surface area contributed by atoms with Crippen molar-refractivity contribution in [3.63, 3.8) is 0 Å². The van der Waals surface area contributed by atoms with Crippen molar-refractivity contribution < 1.29 is 9.47 Å². The van der Waals surface area contributed by atoms with E-state index in [-0.39, 0.29) is 0 Å². The largest absolute Gasteiger partial charge is 0.497 e. The number of rotatable bonds is 3. The Morgan fingerprint density at radius 3 is 2.35 bits per heavy atom. The van der Waals surface area contributed by atoms with Crippen molar-refractivity contribution in [1.29, 1.82) is 0 Å². The highest BCUT2D eigenvalue weighted by Gasteiger charge is 2.03. The summed E-state index contributed by atoms with van der Waals surface area (Å²) in [5.74, 6) is 2.48. The number of aryl methyl sites for hydroxylation is 1. The molecule has 0 saturated carbocycles. The second-order valence-electron chi connectivity index (χ2n) is 3.98. The minimum Gasteiger partial charge on any atom is -0.497 e. The van der Waals surface area contributed by atoms with Gasteiger partial charge in [-0.2, -0.15) is 0 Å². The maximum Gasteiger partial charge on any atom is 0.131 e. The minimum absolute atomic E-state index is 0.790. The molecule has 0 fully saturated rings. The molecule has 0 spiro atoms. The van der Waals surface area contributed by atoms with Crippen molar-refractivity contribution in [2.45, 2.75) is 13.8 Å². The van der Waals surface area contributed by atoms with E-state index in [0.717, 1.165) is 22.8 Å². The molecule has 17 heavy (non-hydrogen) atoms. The van der Waals surface area contributed by atoms with Gasteiger partial charge in [-0.05, 0) is 43.2 Å². The first-order valence-electron chi connectivity index (χ1n) is 5.59. The first-order valence-corrected chi connectivity index (χ1v) is 5.59. The van der Waals surface area contributed by atoms with Crippen LogP contribution in [0.1, 0.15) is 11.1 Å². The van der Waals surface area contributed by atoms with Crippen LogP contribution in [-0.4, -0.2) is 7.11 Å². The van der Waals surface area contributed by atoms with Gasteiger partial charge in [-0.15, -0.1) is 0 Å². The van der Waals surface area contributed by atoms with E-state index in [0.29, 0.717) is 0 Å². The molecule has 2 rings (SSSR count). The van der Waals surface area contributed by atoms with Gasteiger partial charge in [0.1, 0.15) is 17.2 Å². The van der Waals surface area contributed by atoms with Gasteiger partial charge in [-0.3, -0.25) is 0 Å². The number of methoxy groups -OCH3 is 1. The van der Waals surface area contributed by atoms with E-state index < -0.39 is 0 Å². The average Bonchev–Trinajstić information content (AvgIpc) is 2.35.